The summed E-state index contributed by atoms with van der Waals surface area (Å²) < 4.78 is 45.7. The Morgan fingerprint density at radius 3 is 2.44 bits per heavy atom. The van der Waals surface area contributed by atoms with Gasteiger partial charge in [-0.25, -0.2) is 0 Å². The number of para-hydroxylation sites is 1. The molecule has 0 atom stereocenters. The number of hydrogen-bond donors (Lipinski definition) is 2. The van der Waals surface area contributed by atoms with Crippen LogP contribution in [0.15, 0.2) is 54.6 Å². The lowest BCUT2D eigenvalue weighted by molar-refractivity contribution is -0.274. The zero-order valence-electron chi connectivity index (χ0n) is 13.2. The van der Waals surface area contributed by atoms with Gasteiger partial charge in [0.2, 0.25) is 5.91 Å². The molecule has 0 aliphatic heterocycles. The fourth-order valence-corrected chi connectivity index (χ4v) is 1.92. The first-order valence-corrected chi connectivity index (χ1v) is 7.46. The van der Waals surface area contributed by atoms with Gasteiger partial charge in [-0.3, -0.25) is 4.79 Å². The fraction of sp³-hybridized carbons (Fsp3) is 0.235. The Labute approximate surface area is 142 Å². The summed E-state index contributed by atoms with van der Waals surface area (Å²) in [6.07, 6.45) is -4.76. The van der Waals surface area contributed by atoms with Crippen LogP contribution >= 0.6 is 0 Å². The van der Waals surface area contributed by atoms with Gasteiger partial charge in [-0.05, 0) is 24.3 Å². The number of benzene rings is 2. The zero-order valence-corrected chi connectivity index (χ0v) is 13.2. The summed E-state index contributed by atoms with van der Waals surface area (Å²) in [7, 11) is 0. The Balaban J connectivity index is 1.68. The van der Waals surface area contributed by atoms with Crippen LogP contribution in [0.4, 0.5) is 18.9 Å². The molecular formula is C17H17F3N2O3. The van der Waals surface area contributed by atoms with Crippen molar-refractivity contribution in [2.45, 2.75) is 6.36 Å². The molecule has 134 valence electrons. The van der Waals surface area contributed by atoms with E-state index in [0.29, 0.717) is 24.6 Å². The summed E-state index contributed by atoms with van der Waals surface area (Å²) in [4.78, 5) is 11.7. The molecule has 0 bridgehead atoms. The SMILES string of the molecule is O=C(CNc1cccc(OC(F)(F)F)c1)NCCOc1ccccc1. The van der Waals surface area contributed by atoms with E-state index >= 15 is 0 Å². The van der Waals surface area contributed by atoms with Crippen molar-refractivity contribution in [3.05, 3.63) is 54.6 Å². The van der Waals surface area contributed by atoms with Gasteiger partial charge in [-0.15, -0.1) is 13.2 Å². The predicted octanol–water partition coefficient (Wildman–Crippen LogP) is 3.19. The van der Waals surface area contributed by atoms with Crippen LogP contribution in [0.3, 0.4) is 0 Å². The maximum absolute atomic E-state index is 12.2. The van der Waals surface area contributed by atoms with Crippen LogP contribution in [0.2, 0.25) is 0 Å². The molecule has 25 heavy (non-hydrogen) atoms. The summed E-state index contributed by atoms with van der Waals surface area (Å²) in [5, 5.41) is 5.37. The highest BCUT2D eigenvalue weighted by atomic mass is 19.4. The summed E-state index contributed by atoms with van der Waals surface area (Å²) in [5.41, 5.74) is 0.345. The molecule has 0 aliphatic rings. The average Bonchev–Trinajstić information content (AvgIpc) is 2.57. The number of nitrogens with one attached hydrogen (secondary N) is 2. The van der Waals surface area contributed by atoms with E-state index in [0.717, 1.165) is 0 Å². The Hall–Kier alpha value is -2.90. The molecule has 1 amide bonds. The number of rotatable bonds is 8. The summed E-state index contributed by atoms with van der Waals surface area (Å²) >= 11 is 0. The van der Waals surface area contributed by atoms with Crippen LogP contribution in [-0.4, -0.2) is 32.0 Å². The van der Waals surface area contributed by atoms with Gasteiger partial charge >= 0.3 is 6.36 Å². The second kappa shape index (κ2) is 8.81. The van der Waals surface area contributed by atoms with Crippen molar-refractivity contribution < 1.29 is 27.4 Å². The zero-order chi connectivity index (χ0) is 18.1. The number of halogens is 3. The van der Waals surface area contributed by atoms with Crippen molar-refractivity contribution in [1.29, 1.82) is 0 Å². The van der Waals surface area contributed by atoms with E-state index in [1.165, 1.54) is 24.3 Å². The molecular weight excluding hydrogens is 337 g/mol. The van der Waals surface area contributed by atoms with Crippen molar-refractivity contribution in [2.75, 3.05) is 25.0 Å². The van der Waals surface area contributed by atoms with E-state index in [2.05, 4.69) is 15.4 Å². The third-order valence-corrected chi connectivity index (χ3v) is 2.96. The monoisotopic (exact) mass is 354 g/mol. The summed E-state index contributed by atoms with van der Waals surface area (Å²) in [6.45, 7) is 0.540. The maximum Gasteiger partial charge on any atom is 0.573 e. The molecule has 0 heterocycles. The van der Waals surface area contributed by atoms with E-state index < -0.39 is 6.36 Å². The molecule has 2 aromatic carbocycles. The van der Waals surface area contributed by atoms with Gasteiger partial charge in [0.15, 0.2) is 0 Å². The number of amides is 1. The first kappa shape index (κ1) is 18.4. The van der Waals surface area contributed by atoms with E-state index in [1.807, 2.05) is 18.2 Å². The van der Waals surface area contributed by atoms with Crippen molar-refractivity contribution in [3.63, 3.8) is 0 Å². The molecule has 5 nitrogen and oxygen atoms in total. The Kier molecular flexibility index (Phi) is 6.50. The minimum atomic E-state index is -4.76. The molecule has 0 saturated heterocycles. The predicted molar refractivity (Wildman–Crippen MR) is 86.6 cm³/mol. The number of carbonyl (C=O) groups is 1. The largest absolute Gasteiger partial charge is 0.573 e. The highest BCUT2D eigenvalue weighted by Gasteiger charge is 2.31. The van der Waals surface area contributed by atoms with Crippen molar-refractivity contribution in [2.24, 2.45) is 0 Å². The first-order chi connectivity index (χ1) is 11.9. The Morgan fingerprint density at radius 1 is 1.00 bits per heavy atom. The third kappa shape index (κ3) is 7.47. The van der Waals surface area contributed by atoms with Crippen LogP contribution in [-0.2, 0) is 4.79 Å². The molecule has 0 aromatic heterocycles. The lowest BCUT2D eigenvalue weighted by atomic mass is 10.3. The van der Waals surface area contributed by atoms with Crippen LogP contribution in [0.5, 0.6) is 11.5 Å². The third-order valence-electron chi connectivity index (χ3n) is 2.96. The highest BCUT2D eigenvalue weighted by molar-refractivity contribution is 5.80. The highest BCUT2D eigenvalue weighted by Crippen LogP contribution is 2.24. The molecule has 0 fully saturated rings. The Morgan fingerprint density at radius 2 is 1.72 bits per heavy atom. The maximum atomic E-state index is 12.2. The molecule has 2 aromatic rings. The minimum Gasteiger partial charge on any atom is -0.492 e. The van der Waals surface area contributed by atoms with Gasteiger partial charge in [-0.2, -0.15) is 0 Å². The smallest absolute Gasteiger partial charge is 0.492 e. The second-order valence-corrected chi connectivity index (χ2v) is 4.94. The topological polar surface area (TPSA) is 59.6 Å². The van der Waals surface area contributed by atoms with Crippen LogP contribution < -0.4 is 20.1 Å². The Bertz CT molecular complexity index is 678. The van der Waals surface area contributed by atoms with E-state index in [-0.39, 0.29) is 18.2 Å². The molecule has 0 aliphatic carbocycles. The molecule has 0 saturated carbocycles. The molecule has 0 spiro atoms. The van der Waals surface area contributed by atoms with Gasteiger partial charge in [0, 0.05) is 11.8 Å². The molecule has 0 unspecified atom stereocenters. The fourth-order valence-electron chi connectivity index (χ4n) is 1.92. The van der Waals surface area contributed by atoms with Crippen LogP contribution in [0.1, 0.15) is 0 Å². The number of alkyl halides is 3. The molecule has 2 rings (SSSR count). The molecule has 0 radical (unpaired) electrons. The van der Waals surface area contributed by atoms with Crippen LogP contribution in [0, 0.1) is 0 Å². The quantitative estimate of drug-likeness (QED) is 0.715. The standard InChI is InChI=1S/C17H17F3N2O3/c18-17(19,20)25-15-8-4-5-13(11-15)22-12-16(23)21-9-10-24-14-6-2-1-3-7-14/h1-8,11,22H,9-10,12H2,(H,21,23). The average molecular weight is 354 g/mol. The number of ether oxygens (including phenoxy) is 2. The number of anilines is 1. The first-order valence-electron chi connectivity index (χ1n) is 7.46. The van der Waals surface area contributed by atoms with E-state index in [9.17, 15) is 18.0 Å². The van der Waals surface area contributed by atoms with Crippen LogP contribution in [0.25, 0.3) is 0 Å². The van der Waals surface area contributed by atoms with Crippen molar-refractivity contribution in [1.82, 2.24) is 5.32 Å². The van der Waals surface area contributed by atoms with Gasteiger partial charge in [0.05, 0.1) is 13.1 Å². The lowest BCUT2D eigenvalue weighted by Crippen LogP contribution is -2.33. The summed E-state index contributed by atoms with van der Waals surface area (Å²) in [5.74, 6) is 0.0457. The van der Waals surface area contributed by atoms with Gasteiger partial charge in [0.25, 0.3) is 0 Å². The lowest BCUT2D eigenvalue weighted by Gasteiger charge is -2.11. The minimum absolute atomic E-state index is 0.0825. The van der Waals surface area contributed by atoms with E-state index in [1.54, 1.807) is 12.1 Å². The van der Waals surface area contributed by atoms with Crippen molar-refractivity contribution >= 4 is 11.6 Å². The van der Waals surface area contributed by atoms with E-state index in [4.69, 9.17) is 4.74 Å². The number of carbonyl (C=O) groups excluding carboxylic acids is 1. The van der Waals surface area contributed by atoms with Gasteiger partial charge in [-0.1, -0.05) is 24.3 Å². The second-order valence-electron chi connectivity index (χ2n) is 4.94. The summed E-state index contributed by atoms with van der Waals surface area (Å²) in [6, 6.07) is 14.4. The van der Waals surface area contributed by atoms with Gasteiger partial charge in [0.1, 0.15) is 18.1 Å². The normalized spacial score (nSPS) is 10.8. The number of hydrogen-bond acceptors (Lipinski definition) is 4. The van der Waals surface area contributed by atoms with Crippen molar-refractivity contribution in [3.8, 4) is 11.5 Å². The molecule has 2 N–H and O–H groups in total. The molecule has 8 heteroatoms. The van der Waals surface area contributed by atoms with Gasteiger partial charge < -0.3 is 20.1 Å².